The number of halogens is 2. The number of benzene rings is 2. The van der Waals surface area contributed by atoms with Crippen molar-refractivity contribution < 1.29 is 22.3 Å². The molecule has 0 aliphatic rings. The molecule has 0 bridgehead atoms. The second kappa shape index (κ2) is 9.13. The highest BCUT2D eigenvalue weighted by molar-refractivity contribution is 7.90. The zero-order valence-corrected chi connectivity index (χ0v) is 18.6. The number of sulfone groups is 1. The Morgan fingerprint density at radius 1 is 1.00 bits per heavy atom. The van der Waals surface area contributed by atoms with Gasteiger partial charge in [-0.15, -0.1) is 0 Å². The summed E-state index contributed by atoms with van der Waals surface area (Å²) in [5, 5.41) is 13.1. The molecule has 4 aromatic rings. The van der Waals surface area contributed by atoms with Crippen LogP contribution < -0.4 is 0 Å². The first-order chi connectivity index (χ1) is 15.2. The Balaban J connectivity index is 0.00000141. The minimum absolute atomic E-state index is 0.204. The molecule has 1 N–H and O–H groups in total. The van der Waals surface area contributed by atoms with Crippen LogP contribution in [0.1, 0.15) is 19.4 Å². The third kappa shape index (κ3) is 4.68. The lowest BCUT2D eigenvalue weighted by Crippen LogP contribution is -2.18. The van der Waals surface area contributed by atoms with Gasteiger partial charge in [0.15, 0.2) is 15.5 Å². The van der Waals surface area contributed by atoms with E-state index in [1.807, 2.05) is 13.8 Å². The number of hydrogen-bond acceptors (Lipinski definition) is 5. The fraction of sp³-hybridized carbons (Fsp3) is 0.217. The first-order valence-corrected chi connectivity index (χ1v) is 11.8. The number of alkyl halides is 2. The van der Waals surface area contributed by atoms with Crippen molar-refractivity contribution >= 4 is 15.5 Å². The van der Waals surface area contributed by atoms with E-state index in [-0.39, 0.29) is 10.5 Å². The van der Waals surface area contributed by atoms with E-state index in [0.29, 0.717) is 27.9 Å². The summed E-state index contributed by atoms with van der Waals surface area (Å²) in [6.07, 6.45) is 6.05. The lowest BCUT2D eigenvalue weighted by molar-refractivity contribution is -0.0556. The molecule has 0 radical (unpaired) electrons. The number of hydrogen-bond donors (Lipinski definition) is 1. The molecular formula is C23H23F2N3O3S. The molecule has 0 fully saturated rings. The number of nitrogens with zero attached hydrogens (tertiary/aromatic N) is 3. The normalized spacial score (nSPS) is 11.8. The molecule has 9 heteroatoms. The fourth-order valence-corrected chi connectivity index (χ4v) is 3.79. The molecule has 0 saturated heterocycles. The van der Waals surface area contributed by atoms with E-state index in [9.17, 15) is 17.2 Å². The van der Waals surface area contributed by atoms with Crippen molar-refractivity contribution in [1.29, 1.82) is 0 Å². The lowest BCUT2D eigenvalue weighted by atomic mass is 10.0. The molecule has 0 unspecified atom stereocenters. The topological polar surface area (TPSA) is 84.6 Å². The first kappa shape index (κ1) is 23.5. The molecule has 0 atom stereocenters. The highest BCUT2D eigenvalue weighted by Crippen LogP contribution is 2.30. The molecule has 0 amide bonds. The number of aliphatic hydroxyl groups excluding tert-OH is 1. The van der Waals surface area contributed by atoms with Crippen LogP contribution in [0.4, 0.5) is 8.78 Å². The van der Waals surface area contributed by atoms with Gasteiger partial charge < -0.3 is 5.11 Å². The van der Waals surface area contributed by atoms with Crippen molar-refractivity contribution in [3.8, 4) is 22.3 Å². The molecule has 0 aliphatic heterocycles. The van der Waals surface area contributed by atoms with E-state index in [1.54, 1.807) is 41.3 Å². The van der Waals surface area contributed by atoms with Gasteiger partial charge in [0.05, 0.1) is 11.1 Å². The van der Waals surface area contributed by atoms with E-state index in [4.69, 9.17) is 5.11 Å². The average Bonchev–Trinajstić information content (AvgIpc) is 3.23. The molecule has 2 aromatic carbocycles. The predicted octanol–water partition coefficient (Wildman–Crippen LogP) is 4.58. The minimum atomic E-state index is -3.35. The van der Waals surface area contributed by atoms with Crippen LogP contribution in [0, 0.1) is 0 Å². The zero-order chi connectivity index (χ0) is 23.5. The Hall–Kier alpha value is -3.17. The van der Waals surface area contributed by atoms with Gasteiger partial charge in [-0.1, -0.05) is 50.2 Å². The molecule has 6 nitrogen and oxygen atoms in total. The monoisotopic (exact) mass is 459 g/mol. The maximum atomic E-state index is 13.6. The molecule has 2 aromatic heterocycles. The quantitative estimate of drug-likeness (QED) is 0.472. The second-order valence-electron chi connectivity index (χ2n) is 6.91. The van der Waals surface area contributed by atoms with Gasteiger partial charge in [-0.05, 0) is 23.3 Å². The molecular weight excluding hydrogens is 436 g/mol. The molecule has 32 heavy (non-hydrogen) atoms. The van der Waals surface area contributed by atoms with Crippen LogP contribution >= 0.6 is 0 Å². The Morgan fingerprint density at radius 3 is 2.31 bits per heavy atom. The minimum Gasteiger partial charge on any atom is -0.390 e. The number of rotatable bonds is 5. The van der Waals surface area contributed by atoms with Crippen molar-refractivity contribution in [2.75, 3.05) is 12.9 Å². The Bertz CT molecular complexity index is 1330. The summed E-state index contributed by atoms with van der Waals surface area (Å²) in [6.45, 7) is 2.75. The van der Waals surface area contributed by atoms with Crippen LogP contribution in [-0.2, 0) is 15.8 Å². The van der Waals surface area contributed by atoms with Crippen molar-refractivity contribution in [2.45, 2.75) is 24.7 Å². The predicted molar refractivity (Wildman–Crippen MR) is 119 cm³/mol. The smallest absolute Gasteiger partial charge is 0.295 e. The summed E-state index contributed by atoms with van der Waals surface area (Å²) in [6, 6.07) is 12.1. The number of aliphatic hydroxyl groups is 1. The van der Waals surface area contributed by atoms with E-state index in [2.05, 4.69) is 10.1 Å². The van der Waals surface area contributed by atoms with Crippen molar-refractivity contribution in [3.05, 3.63) is 72.7 Å². The van der Waals surface area contributed by atoms with Crippen molar-refractivity contribution in [3.63, 3.8) is 0 Å². The largest absolute Gasteiger partial charge is 0.390 e. The van der Waals surface area contributed by atoms with Gasteiger partial charge in [0.25, 0.3) is 5.92 Å². The van der Waals surface area contributed by atoms with E-state index >= 15 is 0 Å². The third-order valence-electron chi connectivity index (χ3n) is 4.77. The van der Waals surface area contributed by atoms with Crippen LogP contribution in [0.2, 0.25) is 0 Å². The summed E-state index contributed by atoms with van der Waals surface area (Å²) < 4.78 is 52.4. The number of aromatic nitrogens is 3. The van der Waals surface area contributed by atoms with Crippen LogP contribution in [0.15, 0.2) is 72.0 Å². The van der Waals surface area contributed by atoms with Crippen LogP contribution in [0.25, 0.3) is 27.9 Å². The maximum Gasteiger partial charge on any atom is 0.295 e. The first-order valence-electron chi connectivity index (χ1n) is 9.92. The van der Waals surface area contributed by atoms with E-state index in [1.165, 1.54) is 30.3 Å². The summed E-state index contributed by atoms with van der Waals surface area (Å²) in [4.78, 5) is 4.64. The molecule has 0 saturated carbocycles. The summed E-state index contributed by atoms with van der Waals surface area (Å²) in [5.74, 6) is -3.29. The zero-order valence-electron chi connectivity index (χ0n) is 17.8. The van der Waals surface area contributed by atoms with Crippen LogP contribution in [0.5, 0.6) is 0 Å². The van der Waals surface area contributed by atoms with Gasteiger partial charge in [-0.3, -0.25) is 0 Å². The van der Waals surface area contributed by atoms with Gasteiger partial charge in [0, 0.05) is 35.3 Å². The van der Waals surface area contributed by atoms with E-state index in [0.717, 1.165) is 6.26 Å². The Kier molecular flexibility index (Phi) is 6.71. The second-order valence-corrected chi connectivity index (χ2v) is 8.92. The van der Waals surface area contributed by atoms with Gasteiger partial charge in [-0.25, -0.2) is 17.9 Å². The highest BCUT2D eigenvalue weighted by atomic mass is 32.2. The molecule has 2 heterocycles. The third-order valence-corrected chi connectivity index (χ3v) is 5.88. The Morgan fingerprint density at radius 2 is 1.69 bits per heavy atom. The van der Waals surface area contributed by atoms with Crippen LogP contribution in [-0.4, -0.2) is 41.0 Å². The lowest BCUT2D eigenvalue weighted by Gasteiger charge is -2.13. The van der Waals surface area contributed by atoms with Crippen molar-refractivity contribution in [2.24, 2.45) is 0 Å². The molecule has 0 aliphatic carbocycles. The van der Waals surface area contributed by atoms with E-state index < -0.39 is 22.4 Å². The van der Waals surface area contributed by atoms with Crippen molar-refractivity contribution in [1.82, 2.24) is 14.6 Å². The molecule has 4 rings (SSSR count). The fourth-order valence-electron chi connectivity index (χ4n) is 3.12. The van der Waals surface area contributed by atoms with Gasteiger partial charge in [-0.2, -0.15) is 13.9 Å². The SMILES string of the molecule is CC.CS(=O)(=O)c1cccc(-c2cnn3cc(-c4ccc(C(F)(F)CO)cc4)cnc23)c1. The Labute approximate surface area is 185 Å². The maximum absolute atomic E-state index is 13.6. The molecule has 0 spiro atoms. The van der Waals surface area contributed by atoms with Crippen LogP contribution in [0.3, 0.4) is 0 Å². The summed E-state index contributed by atoms with van der Waals surface area (Å²) in [5.41, 5.74) is 2.94. The summed E-state index contributed by atoms with van der Waals surface area (Å²) >= 11 is 0. The van der Waals surface area contributed by atoms with Gasteiger partial charge >= 0.3 is 0 Å². The molecule has 168 valence electrons. The summed E-state index contributed by atoms with van der Waals surface area (Å²) in [7, 11) is -3.35. The van der Waals surface area contributed by atoms with Gasteiger partial charge in [0.1, 0.15) is 6.61 Å². The standard InChI is InChI=1S/C21H17F2N3O3S.C2H6/c1-30(28,29)18-4-2-3-15(9-18)19-11-25-26-12-16(10-24-20(19)26)14-5-7-17(8-6-14)21(22,23)13-27;1-2/h2-12,27H,13H2,1H3;1-2H3. The number of fused-ring (bicyclic) bond motifs is 1. The van der Waals surface area contributed by atoms with Gasteiger partial charge in [0.2, 0.25) is 0 Å². The average molecular weight is 460 g/mol. The highest BCUT2D eigenvalue weighted by Gasteiger charge is 2.30.